The predicted molar refractivity (Wildman–Crippen MR) is 110 cm³/mol. The van der Waals surface area contributed by atoms with Crippen LogP contribution in [0.25, 0.3) is 0 Å². The number of nitrogens with zero attached hydrogens (tertiary/aromatic N) is 1. The summed E-state index contributed by atoms with van der Waals surface area (Å²) in [6.45, 7) is 3.53. The van der Waals surface area contributed by atoms with Crippen LogP contribution in [0.1, 0.15) is 52.4 Å². The molecule has 3 rings (SSSR count). The molecular formula is C19H28N2O6S2. The fourth-order valence-electron chi connectivity index (χ4n) is 3.87. The van der Waals surface area contributed by atoms with Crippen LogP contribution in [-0.4, -0.2) is 41.1 Å². The standard InChI is InChI=1S/C19H28N2O6S2/c1-3-27-17-11-10-16(21-19(22)14(2)13-28(21,23)24)12-18(17)29(25,26)20-15-8-6-4-5-7-9-15/h10-12,14-15,20H,3-9,13H2,1-2H3. The number of carbonyl (C=O) groups excluding carboxylic acids is 1. The summed E-state index contributed by atoms with van der Waals surface area (Å²) in [5, 5.41) is 0. The summed E-state index contributed by atoms with van der Waals surface area (Å²) in [6.07, 6.45) is 5.63. The topological polar surface area (TPSA) is 110 Å². The number of carbonyl (C=O) groups is 1. The predicted octanol–water partition coefficient (Wildman–Crippen LogP) is 2.40. The number of hydrogen-bond donors (Lipinski definition) is 1. The van der Waals surface area contributed by atoms with Crippen LogP contribution in [0, 0.1) is 5.92 Å². The second-order valence-electron chi connectivity index (χ2n) is 7.66. The lowest BCUT2D eigenvalue weighted by Crippen LogP contribution is -2.35. The van der Waals surface area contributed by atoms with E-state index in [2.05, 4.69) is 4.72 Å². The van der Waals surface area contributed by atoms with Gasteiger partial charge in [0.2, 0.25) is 26.0 Å². The van der Waals surface area contributed by atoms with Gasteiger partial charge in [0.05, 0.1) is 24.0 Å². The molecule has 0 aromatic heterocycles. The number of amides is 1. The lowest BCUT2D eigenvalue weighted by Gasteiger charge is -2.21. The lowest BCUT2D eigenvalue weighted by molar-refractivity contribution is -0.119. The Morgan fingerprint density at radius 3 is 2.38 bits per heavy atom. The molecule has 0 spiro atoms. The first-order valence-electron chi connectivity index (χ1n) is 10.0. The van der Waals surface area contributed by atoms with E-state index in [1.165, 1.54) is 18.2 Å². The summed E-state index contributed by atoms with van der Waals surface area (Å²) < 4.78 is 60.1. The van der Waals surface area contributed by atoms with Crippen molar-refractivity contribution in [1.82, 2.24) is 4.72 Å². The summed E-state index contributed by atoms with van der Waals surface area (Å²) >= 11 is 0. The molecule has 1 aliphatic heterocycles. The summed E-state index contributed by atoms with van der Waals surface area (Å²) in [5.41, 5.74) is 0.0176. The number of nitrogens with one attached hydrogen (secondary N) is 1. The molecule has 1 aliphatic carbocycles. The number of sulfonamides is 2. The quantitative estimate of drug-likeness (QED) is 0.675. The highest BCUT2D eigenvalue weighted by Crippen LogP contribution is 2.34. The molecule has 8 nitrogen and oxygen atoms in total. The number of anilines is 1. The van der Waals surface area contributed by atoms with Crippen molar-refractivity contribution in [2.24, 2.45) is 5.92 Å². The molecule has 1 amide bonds. The van der Waals surface area contributed by atoms with Gasteiger partial charge in [-0.05, 0) is 38.0 Å². The smallest absolute Gasteiger partial charge is 0.244 e. The monoisotopic (exact) mass is 444 g/mol. The molecular weight excluding hydrogens is 416 g/mol. The van der Waals surface area contributed by atoms with Crippen LogP contribution in [0.2, 0.25) is 0 Å². The SMILES string of the molecule is CCOc1ccc(N2C(=O)C(C)CS2(=O)=O)cc1S(=O)(=O)NC1CCCCCC1. The van der Waals surface area contributed by atoms with Gasteiger partial charge in [-0.25, -0.2) is 25.9 Å². The van der Waals surface area contributed by atoms with Crippen LogP contribution >= 0.6 is 0 Å². The second-order valence-corrected chi connectivity index (χ2v) is 11.2. The van der Waals surface area contributed by atoms with Crippen molar-refractivity contribution in [3.8, 4) is 5.75 Å². The van der Waals surface area contributed by atoms with Gasteiger partial charge in [0.1, 0.15) is 10.6 Å². The van der Waals surface area contributed by atoms with E-state index in [-0.39, 0.29) is 34.7 Å². The highest BCUT2D eigenvalue weighted by Gasteiger charge is 2.42. The molecule has 2 aliphatic rings. The Hall–Kier alpha value is -1.65. The van der Waals surface area contributed by atoms with Gasteiger partial charge < -0.3 is 4.74 Å². The van der Waals surface area contributed by atoms with Gasteiger partial charge in [0.25, 0.3) is 0 Å². The number of ether oxygens (including phenoxy) is 1. The van der Waals surface area contributed by atoms with E-state index in [0.29, 0.717) is 4.31 Å². The third kappa shape index (κ3) is 4.75. The van der Waals surface area contributed by atoms with Gasteiger partial charge in [-0.15, -0.1) is 0 Å². The van der Waals surface area contributed by atoms with Crippen LogP contribution in [0.5, 0.6) is 5.75 Å². The molecule has 10 heteroatoms. The first-order valence-corrected chi connectivity index (χ1v) is 13.1. The Bertz CT molecular complexity index is 966. The van der Waals surface area contributed by atoms with Gasteiger partial charge >= 0.3 is 0 Å². The van der Waals surface area contributed by atoms with Gasteiger partial charge in [-0.1, -0.05) is 32.6 Å². The molecule has 1 atom stereocenters. The van der Waals surface area contributed by atoms with Gasteiger partial charge in [0, 0.05) is 6.04 Å². The molecule has 1 heterocycles. The average molecular weight is 445 g/mol. The van der Waals surface area contributed by atoms with Gasteiger partial charge in [-0.2, -0.15) is 0 Å². The Balaban J connectivity index is 2.00. The maximum absolute atomic E-state index is 13.1. The molecule has 1 saturated carbocycles. The molecule has 162 valence electrons. The zero-order valence-corrected chi connectivity index (χ0v) is 18.4. The molecule has 2 fully saturated rings. The number of hydrogen-bond acceptors (Lipinski definition) is 6. The summed E-state index contributed by atoms with van der Waals surface area (Å²) in [7, 11) is -7.79. The minimum absolute atomic E-state index is 0.0176. The van der Waals surface area contributed by atoms with Crippen molar-refractivity contribution in [2.75, 3.05) is 16.7 Å². The highest BCUT2D eigenvalue weighted by molar-refractivity contribution is 7.94. The second kappa shape index (κ2) is 8.61. The average Bonchev–Trinajstić information content (AvgIpc) is 2.81. The number of benzene rings is 1. The summed E-state index contributed by atoms with van der Waals surface area (Å²) in [5.74, 6) is -1.39. The third-order valence-corrected chi connectivity index (χ3v) is 8.70. The highest BCUT2D eigenvalue weighted by atomic mass is 32.2. The molecule has 1 aromatic rings. The maximum atomic E-state index is 13.1. The van der Waals surface area contributed by atoms with E-state index in [4.69, 9.17) is 4.74 Å². The Morgan fingerprint density at radius 2 is 1.83 bits per heavy atom. The van der Waals surface area contributed by atoms with E-state index in [9.17, 15) is 21.6 Å². The number of rotatable bonds is 6. The minimum Gasteiger partial charge on any atom is -0.492 e. The first kappa shape index (κ1) is 22.0. The fraction of sp³-hybridized carbons (Fsp3) is 0.632. The molecule has 1 saturated heterocycles. The van der Waals surface area contributed by atoms with Crippen molar-refractivity contribution >= 4 is 31.6 Å². The normalized spacial score (nSPS) is 23.2. The maximum Gasteiger partial charge on any atom is 0.244 e. The van der Waals surface area contributed by atoms with Crippen LogP contribution in [0.4, 0.5) is 5.69 Å². The van der Waals surface area contributed by atoms with E-state index >= 15 is 0 Å². The molecule has 0 radical (unpaired) electrons. The summed E-state index contributed by atoms with van der Waals surface area (Å²) in [4.78, 5) is 12.2. The van der Waals surface area contributed by atoms with Crippen LogP contribution < -0.4 is 13.8 Å². The Kier molecular flexibility index (Phi) is 6.54. The van der Waals surface area contributed by atoms with Crippen LogP contribution in [0.3, 0.4) is 0 Å². The first-order chi connectivity index (χ1) is 13.7. The fourth-order valence-corrected chi connectivity index (χ4v) is 7.16. The van der Waals surface area contributed by atoms with Crippen molar-refractivity contribution < 1.29 is 26.4 Å². The van der Waals surface area contributed by atoms with Crippen LogP contribution in [-0.2, 0) is 24.8 Å². The molecule has 1 N–H and O–H groups in total. The zero-order chi connectivity index (χ0) is 21.2. The van der Waals surface area contributed by atoms with Crippen molar-refractivity contribution in [1.29, 1.82) is 0 Å². The Labute approximate surface area is 172 Å². The lowest BCUT2D eigenvalue weighted by atomic mass is 10.1. The molecule has 29 heavy (non-hydrogen) atoms. The van der Waals surface area contributed by atoms with Gasteiger partial charge in [0.15, 0.2) is 0 Å². The van der Waals surface area contributed by atoms with E-state index < -0.39 is 31.9 Å². The summed E-state index contributed by atoms with van der Waals surface area (Å²) in [6, 6.07) is 3.87. The van der Waals surface area contributed by atoms with Crippen molar-refractivity contribution in [3.63, 3.8) is 0 Å². The van der Waals surface area contributed by atoms with E-state index in [0.717, 1.165) is 38.5 Å². The minimum atomic E-state index is -3.96. The van der Waals surface area contributed by atoms with Crippen LogP contribution in [0.15, 0.2) is 23.1 Å². The molecule has 0 bridgehead atoms. The molecule has 1 unspecified atom stereocenters. The van der Waals surface area contributed by atoms with E-state index in [1.54, 1.807) is 13.8 Å². The van der Waals surface area contributed by atoms with Crippen molar-refractivity contribution in [2.45, 2.75) is 63.3 Å². The third-order valence-electron chi connectivity index (χ3n) is 5.29. The van der Waals surface area contributed by atoms with Gasteiger partial charge in [-0.3, -0.25) is 4.79 Å². The Morgan fingerprint density at radius 1 is 1.17 bits per heavy atom. The molecule has 1 aromatic carbocycles. The van der Waals surface area contributed by atoms with E-state index in [1.807, 2.05) is 0 Å². The van der Waals surface area contributed by atoms with Crippen molar-refractivity contribution in [3.05, 3.63) is 18.2 Å². The zero-order valence-electron chi connectivity index (χ0n) is 16.8. The largest absolute Gasteiger partial charge is 0.492 e.